The van der Waals surface area contributed by atoms with Crippen LogP contribution in [0.1, 0.15) is 31.7 Å². The number of benzene rings is 1. The van der Waals surface area contributed by atoms with Gasteiger partial charge < -0.3 is 9.64 Å². The molecule has 1 saturated heterocycles. The van der Waals surface area contributed by atoms with Gasteiger partial charge in [0.15, 0.2) is 18.1 Å². The highest BCUT2D eigenvalue weighted by molar-refractivity contribution is 6.15. The molecular formula is C20H25N5O3. The normalized spacial score (nSPS) is 20.1. The smallest absolute Gasteiger partial charge is 0.357 e. The van der Waals surface area contributed by atoms with E-state index in [4.69, 9.17) is 4.74 Å². The van der Waals surface area contributed by atoms with Crippen molar-refractivity contribution in [3.05, 3.63) is 41.7 Å². The van der Waals surface area contributed by atoms with Crippen LogP contribution in [0.2, 0.25) is 0 Å². The van der Waals surface area contributed by atoms with E-state index in [1.165, 1.54) is 4.68 Å². The second-order valence-corrected chi connectivity index (χ2v) is 7.40. The van der Waals surface area contributed by atoms with Crippen LogP contribution in [0.5, 0.6) is 0 Å². The van der Waals surface area contributed by atoms with Crippen LogP contribution in [-0.4, -0.2) is 56.7 Å². The lowest BCUT2D eigenvalue weighted by Crippen LogP contribution is -2.44. The molecule has 1 amide bonds. The van der Waals surface area contributed by atoms with Crippen LogP contribution in [0.3, 0.4) is 0 Å². The number of hydrogen-bond donors (Lipinski definition) is 0. The molecule has 1 aliphatic rings. The first-order chi connectivity index (χ1) is 13.4. The molecule has 2 heterocycles. The Labute approximate surface area is 164 Å². The Morgan fingerprint density at radius 2 is 1.86 bits per heavy atom. The third-order valence-electron chi connectivity index (χ3n) is 4.71. The molecule has 8 heteroatoms. The minimum absolute atomic E-state index is 0.155. The number of ether oxygens (including phenoxy) is 1. The monoisotopic (exact) mass is 383 g/mol. The summed E-state index contributed by atoms with van der Waals surface area (Å²) in [5.41, 5.74) is 0.955. The zero-order valence-electron chi connectivity index (χ0n) is 16.4. The summed E-state index contributed by atoms with van der Waals surface area (Å²) < 4.78 is 6.64. The molecule has 1 aliphatic heterocycles. The molecule has 1 aromatic carbocycles. The standard InChI is InChI=1S/C20H25N5O3/c1-14-9-15(2)12-24(11-14)19(26)13-28-20(27)18(25-16(3)21-22-23-25)10-17-7-5-4-6-8-17/h4-8,10,14-15H,9,11-13H2,1-3H3. The summed E-state index contributed by atoms with van der Waals surface area (Å²) in [4.78, 5) is 27.0. The number of carbonyl (C=O) groups excluding carboxylic acids is 2. The molecule has 3 rings (SSSR count). The molecule has 0 aliphatic carbocycles. The minimum Gasteiger partial charge on any atom is -0.451 e. The number of carbonyl (C=O) groups is 2. The summed E-state index contributed by atoms with van der Waals surface area (Å²) in [6.07, 6.45) is 2.74. The van der Waals surface area contributed by atoms with Crippen LogP contribution < -0.4 is 0 Å². The number of tetrazole rings is 1. The van der Waals surface area contributed by atoms with E-state index >= 15 is 0 Å². The number of likely N-dealkylation sites (tertiary alicyclic amines) is 1. The number of esters is 1. The lowest BCUT2D eigenvalue weighted by molar-refractivity contribution is -0.149. The molecule has 0 bridgehead atoms. The van der Waals surface area contributed by atoms with Crippen molar-refractivity contribution in [1.29, 1.82) is 0 Å². The summed E-state index contributed by atoms with van der Waals surface area (Å²) >= 11 is 0. The summed E-state index contributed by atoms with van der Waals surface area (Å²) in [5.74, 6) is 0.510. The molecular weight excluding hydrogens is 358 g/mol. The fourth-order valence-electron chi connectivity index (χ4n) is 3.53. The number of piperidine rings is 1. The van der Waals surface area contributed by atoms with Crippen molar-refractivity contribution in [2.75, 3.05) is 19.7 Å². The molecule has 1 fully saturated rings. The highest BCUT2D eigenvalue weighted by atomic mass is 16.5. The second-order valence-electron chi connectivity index (χ2n) is 7.40. The molecule has 1 aromatic heterocycles. The van der Waals surface area contributed by atoms with E-state index in [0.29, 0.717) is 30.7 Å². The summed E-state index contributed by atoms with van der Waals surface area (Å²) in [5, 5.41) is 11.3. The van der Waals surface area contributed by atoms with Crippen molar-refractivity contribution in [2.45, 2.75) is 27.2 Å². The average molecular weight is 383 g/mol. The van der Waals surface area contributed by atoms with Gasteiger partial charge in [-0.05, 0) is 47.2 Å². The van der Waals surface area contributed by atoms with E-state index < -0.39 is 5.97 Å². The second kappa shape index (κ2) is 8.77. The molecule has 8 nitrogen and oxygen atoms in total. The van der Waals surface area contributed by atoms with Gasteiger partial charge in [-0.15, -0.1) is 5.10 Å². The number of aromatic nitrogens is 4. The number of aryl methyl sites for hydroxylation is 1. The van der Waals surface area contributed by atoms with Crippen molar-refractivity contribution < 1.29 is 14.3 Å². The van der Waals surface area contributed by atoms with Gasteiger partial charge in [0.2, 0.25) is 0 Å². The van der Waals surface area contributed by atoms with Gasteiger partial charge in [0.1, 0.15) is 0 Å². The first-order valence-electron chi connectivity index (χ1n) is 9.41. The Hall–Kier alpha value is -3.03. The van der Waals surface area contributed by atoms with E-state index in [1.54, 1.807) is 17.9 Å². The van der Waals surface area contributed by atoms with E-state index in [1.807, 2.05) is 30.3 Å². The number of amides is 1. The lowest BCUT2D eigenvalue weighted by atomic mass is 9.92. The predicted molar refractivity (Wildman–Crippen MR) is 104 cm³/mol. The van der Waals surface area contributed by atoms with Crippen LogP contribution in [0.25, 0.3) is 11.8 Å². The molecule has 148 valence electrons. The number of hydrogen-bond acceptors (Lipinski definition) is 6. The zero-order chi connectivity index (χ0) is 20.1. The topological polar surface area (TPSA) is 90.2 Å². The molecule has 0 radical (unpaired) electrons. The van der Waals surface area contributed by atoms with Crippen molar-refractivity contribution in [3.8, 4) is 0 Å². The molecule has 2 aromatic rings. The maximum Gasteiger partial charge on any atom is 0.357 e. The van der Waals surface area contributed by atoms with Crippen molar-refractivity contribution in [3.63, 3.8) is 0 Å². The first-order valence-corrected chi connectivity index (χ1v) is 9.41. The van der Waals surface area contributed by atoms with Gasteiger partial charge in [-0.3, -0.25) is 4.79 Å². The van der Waals surface area contributed by atoms with E-state index in [2.05, 4.69) is 29.4 Å². The highest BCUT2D eigenvalue weighted by Crippen LogP contribution is 2.21. The molecule has 2 atom stereocenters. The lowest BCUT2D eigenvalue weighted by Gasteiger charge is -2.34. The summed E-state index contributed by atoms with van der Waals surface area (Å²) in [7, 11) is 0. The largest absolute Gasteiger partial charge is 0.451 e. The van der Waals surface area contributed by atoms with E-state index in [0.717, 1.165) is 12.0 Å². The predicted octanol–water partition coefficient (Wildman–Crippen LogP) is 2.03. The number of nitrogens with zero attached hydrogens (tertiary/aromatic N) is 5. The molecule has 2 unspecified atom stereocenters. The maximum absolute atomic E-state index is 12.7. The Kier molecular flexibility index (Phi) is 6.18. The Morgan fingerprint density at radius 3 is 2.46 bits per heavy atom. The number of rotatable bonds is 5. The quantitative estimate of drug-likeness (QED) is 0.580. The van der Waals surface area contributed by atoms with Crippen molar-refractivity contribution in [1.82, 2.24) is 25.1 Å². The third kappa shape index (κ3) is 4.82. The SMILES string of the molecule is Cc1nnnn1C(=Cc1ccccc1)C(=O)OCC(=O)N1CC(C)CC(C)C1. The van der Waals surface area contributed by atoms with Crippen LogP contribution in [0, 0.1) is 18.8 Å². The highest BCUT2D eigenvalue weighted by Gasteiger charge is 2.27. The van der Waals surface area contributed by atoms with Gasteiger partial charge in [-0.2, -0.15) is 4.68 Å². The maximum atomic E-state index is 12.7. The van der Waals surface area contributed by atoms with E-state index in [-0.39, 0.29) is 18.2 Å². The molecule has 0 N–H and O–H groups in total. The van der Waals surface area contributed by atoms with Crippen molar-refractivity contribution >= 4 is 23.6 Å². The van der Waals surface area contributed by atoms with Gasteiger partial charge in [-0.25, -0.2) is 4.79 Å². The van der Waals surface area contributed by atoms with E-state index in [9.17, 15) is 9.59 Å². The van der Waals surface area contributed by atoms with Crippen LogP contribution in [0.4, 0.5) is 0 Å². The van der Waals surface area contributed by atoms with Gasteiger partial charge >= 0.3 is 5.97 Å². The summed E-state index contributed by atoms with van der Waals surface area (Å²) in [6, 6.07) is 9.33. The minimum atomic E-state index is -0.647. The first kappa shape index (κ1) is 19.7. The fraction of sp³-hybridized carbons (Fsp3) is 0.450. The summed E-state index contributed by atoms with van der Waals surface area (Å²) in [6.45, 7) is 7.03. The average Bonchev–Trinajstić information content (AvgIpc) is 3.09. The van der Waals surface area contributed by atoms with Crippen LogP contribution in [-0.2, 0) is 14.3 Å². The van der Waals surface area contributed by atoms with Gasteiger partial charge in [0.05, 0.1) is 0 Å². The van der Waals surface area contributed by atoms with Crippen LogP contribution >= 0.6 is 0 Å². The third-order valence-corrected chi connectivity index (χ3v) is 4.71. The Morgan fingerprint density at radius 1 is 1.18 bits per heavy atom. The van der Waals surface area contributed by atoms with Crippen molar-refractivity contribution in [2.24, 2.45) is 11.8 Å². The van der Waals surface area contributed by atoms with Crippen LogP contribution in [0.15, 0.2) is 30.3 Å². The fourth-order valence-corrected chi connectivity index (χ4v) is 3.53. The molecule has 28 heavy (non-hydrogen) atoms. The Balaban J connectivity index is 1.73. The van der Waals surface area contributed by atoms with Gasteiger partial charge in [0, 0.05) is 13.1 Å². The molecule has 0 saturated carbocycles. The Bertz CT molecular complexity index is 852. The molecule has 0 spiro atoms. The van der Waals surface area contributed by atoms with Gasteiger partial charge in [0.25, 0.3) is 5.91 Å². The van der Waals surface area contributed by atoms with Gasteiger partial charge in [-0.1, -0.05) is 44.2 Å². The zero-order valence-corrected chi connectivity index (χ0v) is 16.4.